The Morgan fingerprint density at radius 1 is 1.29 bits per heavy atom. The van der Waals surface area contributed by atoms with Crippen LogP contribution in [-0.4, -0.2) is 54.6 Å². The zero-order valence-electron chi connectivity index (χ0n) is 19.9. The molecule has 0 radical (unpaired) electrons. The summed E-state index contributed by atoms with van der Waals surface area (Å²) in [5.41, 5.74) is 4.47. The second-order valence-corrected chi connectivity index (χ2v) is 11.5. The maximum absolute atomic E-state index is 12.0. The molecule has 1 aliphatic carbocycles. The van der Waals surface area contributed by atoms with Gasteiger partial charge in [0.1, 0.15) is 11.6 Å². The van der Waals surface area contributed by atoms with E-state index in [1.165, 1.54) is 30.9 Å². The van der Waals surface area contributed by atoms with E-state index in [0.29, 0.717) is 24.5 Å². The molecule has 10 heteroatoms. The number of aryl methyl sites for hydroxylation is 3. The lowest BCUT2D eigenvalue weighted by Gasteiger charge is -2.32. The smallest absolute Gasteiger partial charge is 0.251 e. The Hall–Kier alpha value is -2.17. The standard InChI is InChI=1S/C25H31BrN6O2S/c1-15(33)24(34)31-9-6-16(7-10-31)8-11-32-14-28-22(27)21-23(32)30-25(29-21)35-20-13-18-5-3-2-4-17(18)12-19(20)26/h12-16,27,33H,2-11H2,1H3,(H,29,30)/t15-/m0/s1. The van der Waals surface area contributed by atoms with Crippen LogP contribution in [0.15, 0.2) is 33.0 Å². The lowest BCUT2D eigenvalue weighted by atomic mass is 9.92. The zero-order chi connectivity index (χ0) is 24.5. The molecule has 1 atom stereocenters. The fourth-order valence-corrected chi connectivity index (χ4v) is 6.60. The average Bonchev–Trinajstić information content (AvgIpc) is 3.29. The van der Waals surface area contributed by atoms with Crippen molar-refractivity contribution in [2.75, 3.05) is 13.1 Å². The fourth-order valence-electron chi connectivity index (χ4n) is 5.12. The molecule has 1 aromatic carbocycles. The molecule has 1 aliphatic heterocycles. The quantitative estimate of drug-likeness (QED) is 0.422. The highest BCUT2D eigenvalue weighted by molar-refractivity contribution is 9.10. The Morgan fingerprint density at radius 2 is 2.00 bits per heavy atom. The monoisotopic (exact) mass is 558 g/mol. The number of amides is 1. The number of carbonyl (C=O) groups excluding carboxylic acids is 1. The minimum Gasteiger partial charge on any atom is -0.384 e. The lowest BCUT2D eigenvalue weighted by molar-refractivity contribution is -0.140. The van der Waals surface area contributed by atoms with E-state index in [9.17, 15) is 9.90 Å². The summed E-state index contributed by atoms with van der Waals surface area (Å²) in [6.07, 6.45) is 8.37. The van der Waals surface area contributed by atoms with Gasteiger partial charge in [-0.15, -0.1) is 0 Å². The summed E-state index contributed by atoms with van der Waals surface area (Å²) in [4.78, 5) is 27.4. The molecule has 8 nitrogen and oxygen atoms in total. The van der Waals surface area contributed by atoms with E-state index in [2.05, 4.69) is 38.0 Å². The molecule has 1 saturated heterocycles. The van der Waals surface area contributed by atoms with Gasteiger partial charge in [-0.25, -0.2) is 9.97 Å². The van der Waals surface area contributed by atoms with Gasteiger partial charge < -0.3 is 19.6 Å². The predicted molar refractivity (Wildman–Crippen MR) is 138 cm³/mol. The molecule has 35 heavy (non-hydrogen) atoms. The Balaban J connectivity index is 1.29. The average molecular weight is 560 g/mol. The number of halogens is 1. The van der Waals surface area contributed by atoms with Gasteiger partial charge in [0, 0.05) is 29.0 Å². The van der Waals surface area contributed by atoms with E-state index in [0.717, 1.165) is 58.8 Å². The van der Waals surface area contributed by atoms with Crippen molar-refractivity contribution in [3.8, 4) is 0 Å². The van der Waals surface area contributed by atoms with Crippen LogP contribution in [0.4, 0.5) is 0 Å². The van der Waals surface area contributed by atoms with Crippen molar-refractivity contribution in [2.45, 2.75) is 74.6 Å². The number of aliphatic hydroxyl groups is 1. The Labute approximate surface area is 217 Å². The number of hydrogen-bond donors (Lipinski definition) is 3. The molecule has 2 aromatic heterocycles. The maximum Gasteiger partial charge on any atom is 0.251 e. The number of carbonyl (C=O) groups is 1. The van der Waals surface area contributed by atoms with E-state index >= 15 is 0 Å². The van der Waals surface area contributed by atoms with Gasteiger partial charge in [-0.05, 0) is 97.0 Å². The summed E-state index contributed by atoms with van der Waals surface area (Å²) in [6.45, 7) is 3.67. The van der Waals surface area contributed by atoms with Crippen LogP contribution >= 0.6 is 27.7 Å². The zero-order valence-corrected chi connectivity index (χ0v) is 22.3. The number of aromatic amines is 1. The van der Waals surface area contributed by atoms with E-state index in [1.807, 2.05) is 4.57 Å². The number of fused-ring (bicyclic) bond motifs is 2. The van der Waals surface area contributed by atoms with Crippen LogP contribution in [0.25, 0.3) is 11.2 Å². The second kappa shape index (κ2) is 10.4. The Morgan fingerprint density at radius 3 is 2.71 bits per heavy atom. The topological polar surface area (TPSA) is 111 Å². The molecule has 1 fully saturated rings. The van der Waals surface area contributed by atoms with Crippen LogP contribution < -0.4 is 5.49 Å². The number of aromatic nitrogens is 4. The molecule has 3 aromatic rings. The maximum atomic E-state index is 12.0. The second-order valence-electron chi connectivity index (χ2n) is 9.62. The molecule has 0 unspecified atom stereocenters. The van der Waals surface area contributed by atoms with Crippen LogP contribution in [0.3, 0.4) is 0 Å². The van der Waals surface area contributed by atoms with Crippen LogP contribution in [0, 0.1) is 11.3 Å². The van der Waals surface area contributed by atoms with Gasteiger partial charge in [0.15, 0.2) is 16.3 Å². The molecule has 3 heterocycles. The third kappa shape index (κ3) is 5.34. The highest BCUT2D eigenvalue weighted by atomic mass is 79.9. The third-order valence-electron chi connectivity index (χ3n) is 7.16. The number of nitrogens with zero attached hydrogens (tertiary/aromatic N) is 4. The van der Waals surface area contributed by atoms with Crippen LogP contribution in [0.1, 0.15) is 50.2 Å². The SMILES string of the molecule is C[C@H](O)C(=O)N1CCC(CCn2cnc(=N)c3[nH]c(Sc4cc5c(cc4Br)CCCC5)nc32)CC1. The number of hydrogen-bond acceptors (Lipinski definition) is 6. The van der Waals surface area contributed by atoms with Crippen molar-refractivity contribution in [2.24, 2.45) is 5.92 Å². The molecule has 0 bridgehead atoms. The van der Waals surface area contributed by atoms with E-state index in [-0.39, 0.29) is 11.4 Å². The molecular weight excluding hydrogens is 528 g/mol. The number of likely N-dealkylation sites (tertiary alicyclic amines) is 1. The van der Waals surface area contributed by atoms with E-state index in [1.54, 1.807) is 23.0 Å². The first-order valence-electron chi connectivity index (χ1n) is 12.3. The predicted octanol–water partition coefficient (Wildman–Crippen LogP) is 4.04. The van der Waals surface area contributed by atoms with Gasteiger partial charge in [-0.3, -0.25) is 10.2 Å². The van der Waals surface area contributed by atoms with Crippen molar-refractivity contribution in [3.05, 3.63) is 39.5 Å². The van der Waals surface area contributed by atoms with Crippen LogP contribution in [0.2, 0.25) is 0 Å². The summed E-state index contributed by atoms with van der Waals surface area (Å²) in [5.74, 6) is 0.326. The molecule has 5 rings (SSSR count). The largest absolute Gasteiger partial charge is 0.384 e. The number of imidazole rings is 1. The van der Waals surface area contributed by atoms with Crippen molar-refractivity contribution in [1.29, 1.82) is 5.41 Å². The van der Waals surface area contributed by atoms with Crippen molar-refractivity contribution < 1.29 is 9.90 Å². The van der Waals surface area contributed by atoms with Gasteiger partial charge in [-0.2, -0.15) is 0 Å². The molecule has 0 spiro atoms. The van der Waals surface area contributed by atoms with Gasteiger partial charge in [0.05, 0.1) is 6.33 Å². The van der Waals surface area contributed by atoms with Crippen molar-refractivity contribution in [1.82, 2.24) is 24.4 Å². The highest BCUT2D eigenvalue weighted by Crippen LogP contribution is 2.36. The number of aliphatic hydroxyl groups excluding tert-OH is 1. The molecule has 2 aliphatic rings. The van der Waals surface area contributed by atoms with Crippen molar-refractivity contribution >= 4 is 44.8 Å². The van der Waals surface area contributed by atoms with Crippen LogP contribution in [0.5, 0.6) is 0 Å². The first-order chi connectivity index (χ1) is 16.9. The first kappa shape index (κ1) is 24.5. The molecule has 1 amide bonds. The Bertz CT molecular complexity index is 1300. The van der Waals surface area contributed by atoms with E-state index < -0.39 is 6.10 Å². The van der Waals surface area contributed by atoms with Crippen LogP contribution in [-0.2, 0) is 24.2 Å². The van der Waals surface area contributed by atoms with Gasteiger partial charge in [0.25, 0.3) is 5.91 Å². The Kier molecular flexibility index (Phi) is 7.31. The molecule has 0 saturated carbocycles. The summed E-state index contributed by atoms with van der Waals surface area (Å²) in [7, 11) is 0. The molecular formula is C25H31BrN6O2S. The van der Waals surface area contributed by atoms with E-state index in [4.69, 9.17) is 10.4 Å². The summed E-state index contributed by atoms with van der Waals surface area (Å²) >= 11 is 5.33. The summed E-state index contributed by atoms with van der Waals surface area (Å²) in [5, 5.41) is 18.6. The van der Waals surface area contributed by atoms with Gasteiger partial charge in [-0.1, -0.05) is 11.8 Å². The first-order valence-corrected chi connectivity index (χ1v) is 14.0. The fraction of sp³-hybridized carbons (Fsp3) is 0.520. The molecule has 186 valence electrons. The normalized spacial score (nSPS) is 17.5. The lowest BCUT2D eigenvalue weighted by Crippen LogP contribution is -2.43. The summed E-state index contributed by atoms with van der Waals surface area (Å²) < 4.78 is 3.12. The molecule has 3 N–H and O–H groups in total. The number of benzene rings is 1. The number of rotatable bonds is 6. The number of H-pyrrole nitrogens is 1. The minimum atomic E-state index is -0.932. The van der Waals surface area contributed by atoms with Gasteiger partial charge >= 0.3 is 0 Å². The number of piperidine rings is 1. The minimum absolute atomic E-state index is 0.179. The summed E-state index contributed by atoms with van der Waals surface area (Å²) in [6, 6.07) is 4.52. The number of nitrogens with one attached hydrogen (secondary N) is 2. The van der Waals surface area contributed by atoms with Crippen molar-refractivity contribution in [3.63, 3.8) is 0 Å². The highest BCUT2D eigenvalue weighted by Gasteiger charge is 2.25. The van der Waals surface area contributed by atoms with Gasteiger partial charge in [0.2, 0.25) is 0 Å². The third-order valence-corrected chi connectivity index (χ3v) is 9.03.